The van der Waals surface area contributed by atoms with Gasteiger partial charge in [0, 0.05) is 24.3 Å². The van der Waals surface area contributed by atoms with Crippen molar-refractivity contribution >= 4 is 5.71 Å². The van der Waals surface area contributed by atoms with Crippen molar-refractivity contribution in [2.45, 2.75) is 45.6 Å². The third kappa shape index (κ3) is 4.88. The first kappa shape index (κ1) is 10.5. The van der Waals surface area contributed by atoms with E-state index in [0.29, 0.717) is 0 Å². The van der Waals surface area contributed by atoms with Crippen molar-refractivity contribution < 1.29 is 4.74 Å². The lowest BCUT2D eigenvalue weighted by Gasteiger charge is -2.18. The standard InChI is InChI=1S/C10H20N2O/c1-10(2,3)12-11-9-5-4-7-13-8-6-9/h12H,4-8H2,1-3H3/b11-9-. The van der Waals surface area contributed by atoms with Crippen LogP contribution in [0.2, 0.25) is 0 Å². The van der Waals surface area contributed by atoms with Crippen LogP contribution in [0.15, 0.2) is 5.10 Å². The maximum absolute atomic E-state index is 5.35. The van der Waals surface area contributed by atoms with Gasteiger partial charge in [0.15, 0.2) is 0 Å². The van der Waals surface area contributed by atoms with Crippen LogP contribution in [0, 0.1) is 0 Å². The lowest BCUT2D eigenvalue weighted by Crippen LogP contribution is -2.32. The van der Waals surface area contributed by atoms with Crippen molar-refractivity contribution in [1.29, 1.82) is 0 Å². The van der Waals surface area contributed by atoms with E-state index < -0.39 is 0 Å². The van der Waals surface area contributed by atoms with Gasteiger partial charge in [-0.25, -0.2) is 0 Å². The van der Waals surface area contributed by atoms with Crippen molar-refractivity contribution in [3.63, 3.8) is 0 Å². The molecule has 3 nitrogen and oxygen atoms in total. The molecule has 0 unspecified atom stereocenters. The summed E-state index contributed by atoms with van der Waals surface area (Å²) in [7, 11) is 0. The molecule has 0 aliphatic carbocycles. The maximum Gasteiger partial charge on any atom is 0.0518 e. The number of rotatable bonds is 1. The highest BCUT2D eigenvalue weighted by Gasteiger charge is 2.09. The predicted octanol–water partition coefficient (Wildman–Crippen LogP) is 1.93. The lowest BCUT2D eigenvalue weighted by atomic mass is 10.1. The van der Waals surface area contributed by atoms with Gasteiger partial charge in [-0.05, 0) is 33.6 Å². The van der Waals surface area contributed by atoms with Gasteiger partial charge in [0.1, 0.15) is 0 Å². The number of nitrogens with zero attached hydrogens (tertiary/aromatic N) is 1. The average molecular weight is 184 g/mol. The van der Waals surface area contributed by atoms with Crippen LogP contribution in [0.25, 0.3) is 0 Å². The maximum atomic E-state index is 5.35. The molecular formula is C10H20N2O. The molecule has 1 fully saturated rings. The highest BCUT2D eigenvalue weighted by atomic mass is 16.5. The highest BCUT2D eigenvalue weighted by molar-refractivity contribution is 5.84. The summed E-state index contributed by atoms with van der Waals surface area (Å²) in [5.74, 6) is 0. The second-order valence-corrected chi connectivity index (χ2v) is 4.51. The van der Waals surface area contributed by atoms with E-state index in [9.17, 15) is 0 Å². The Morgan fingerprint density at radius 1 is 1.23 bits per heavy atom. The van der Waals surface area contributed by atoms with Crippen molar-refractivity contribution in [3.05, 3.63) is 0 Å². The first-order valence-electron chi connectivity index (χ1n) is 4.98. The minimum Gasteiger partial charge on any atom is -0.381 e. The summed E-state index contributed by atoms with van der Waals surface area (Å²) in [6.45, 7) is 8.05. The van der Waals surface area contributed by atoms with Crippen LogP contribution in [-0.2, 0) is 4.74 Å². The largest absolute Gasteiger partial charge is 0.381 e. The second-order valence-electron chi connectivity index (χ2n) is 4.51. The Balaban J connectivity index is 2.39. The first-order chi connectivity index (χ1) is 6.08. The molecule has 13 heavy (non-hydrogen) atoms. The van der Waals surface area contributed by atoms with Gasteiger partial charge in [-0.3, -0.25) is 0 Å². The Morgan fingerprint density at radius 2 is 2.00 bits per heavy atom. The summed E-state index contributed by atoms with van der Waals surface area (Å²) in [5, 5.41) is 4.40. The van der Waals surface area contributed by atoms with E-state index in [-0.39, 0.29) is 5.54 Å². The van der Waals surface area contributed by atoms with Crippen LogP contribution in [0.4, 0.5) is 0 Å². The molecule has 1 aliphatic heterocycles. The molecule has 1 N–H and O–H groups in total. The zero-order valence-corrected chi connectivity index (χ0v) is 8.89. The van der Waals surface area contributed by atoms with Gasteiger partial charge in [-0.2, -0.15) is 5.10 Å². The lowest BCUT2D eigenvalue weighted by molar-refractivity contribution is 0.147. The van der Waals surface area contributed by atoms with Crippen molar-refractivity contribution in [1.82, 2.24) is 5.43 Å². The zero-order chi connectivity index (χ0) is 9.73. The minimum absolute atomic E-state index is 0.0696. The number of hydrazone groups is 1. The van der Waals surface area contributed by atoms with Gasteiger partial charge in [0.05, 0.1) is 6.61 Å². The first-order valence-corrected chi connectivity index (χ1v) is 4.98. The molecule has 0 radical (unpaired) electrons. The van der Waals surface area contributed by atoms with Crippen molar-refractivity contribution in [2.24, 2.45) is 5.10 Å². The molecule has 0 atom stereocenters. The fourth-order valence-corrected chi connectivity index (χ4v) is 1.15. The van der Waals surface area contributed by atoms with E-state index in [2.05, 4.69) is 31.3 Å². The van der Waals surface area contributed by atoms with Crippen LogP contribution < -0.4 is 5.43 Å². The summed E-state index contributed by atoms with van der Waals surface area (Å²) < 4.78 is 5.35. The summed E-state index contributed by atoms with van der Waals surface area (Å²) in [6, 6.07) is 0. The van der Waals surface area contributed by atoms with E-state index in [4.69, 9.17) is 4.74 Å². The Kier molecular flexibility index (Phi) is 3.72. The normalized spacial score (nSPS) is 22.8. The van der Waals surface area contributed by atoms with Gasteiger partial charge < -0.3 is 10.2 Å². The van der Waals surface area contributed by atoms with Crippen LogP contribution in [0.3, 0.4) is 0 Å². The molecule has 1 heterocycles. The highest BCUT2D eigenvalue weighted by Crippen LogP contribution is 2.06. The van der Waals surface area contributed by atoms with Crippen molar-refractivity contribution in [3.8, 4) is 0 Å². The fourth-order valence-electron chi connectivity index (χ4n) is 1.15. The Bertz CT molecular complexity index is 172. The van der Waals surface area contributed by atoms with Crippen LogP contribution >= 0.6 is 0 Å². The predicted molar refractivity (Wildman–Crippen MR) is 55.0 cm³/mol. The molecule has 76 valence electrons. The Labute approximate surface area is 80.5 Å². The molecule has 0 amide bonds. The number of nitrogens with one attached hydrogen (secondary N) is 1. The summed E-state index contributed by atoms with van der Waals surface area (Å²) in [6.07, 6.45) is 3.15. The van der Waals surface area contributed by atoms with Crippen LogP contribution in [-0.4, -0.2) is 24.5 Å². The number of hydrogen-bond donors (Lipinski definition) is 1. The van der Waals surface area contributed by atoms with E-state index >= 15 is 0 Å². The van der Waals surface area contributed by atoms with Crippen LogP contribution in [0.1, 0.15) is 40.0 Å². The molecule has 1 rings (SSSR count). The zero-order valence-electron chi connectivity index (χ0n) is 8.89. The molecular weight excluding hydrogens is 164 g/mol. The average Bonchev–Trinajstić information content (AvgIpc) is 2.26. The van der Waals surface area contributed by atoms with E-state index in [1.54, 1.807) is 0 Å². The van der Waals surface area contributed by atoms with Gasteiger partial charge in [-0.15, -0.1) is 0 Å². The SMILES string of the molecule is CC(C)(C)N/N=C1/CCCOCC1. The molecule has 0 saturated carbocycles. The smallest absolute Gasteiger partial charge is 0.0518 e. The third-order valence-electron chi connectivity index (χ3n) is 1.84. The molecule has 0 aromatic rings. The minimum atomic E-state index is 0.0696. The van der Waals surface area contributed by atoms with E-state index in [1.165, 1.54) is 5.71 Å². The Morgan fingerprint density at radius 3 is 2.69 bits per heavy atom. The molecule has 3 heteroatoms. The van der Waals surface area contributed by atoms with Gasteiger partial charge in [0.2, 0.25) is 0 Å². The monoisotopic (exact) mass is 184 g/mol. The summed E-state index contributed by atoms with van der Waals surface area (Å²) >= 11 is 0. The van der Waals surface area contributed by atoms with Crippen molar-refractivity contribution in [2.75, 3.05) is 13.2 Å². The second kappa shape index (κ2) is 4.61. The Hall–Kier alpha value is -0.570. The molecule has 1 saturated heterocycles. The number of ether oxygens (including phenoxy) is 1. The summed E-state index contributed by atoms with van der Waals surface area (Å²) in [5.41, 5.74) is 4.46. The third-order valence-corrected chi connectivity index (χ3v) is 1.84. The number of hydrogen-bond acceptors (Lipinski definition) is 3. The van der Waals surface area contributed by atoms with Gasteiger partial charge in [0.25, 0.3) is 0 Å². The van der Waals surface area contributed by atoms with Crippen LogP contribution in [0.5, 0.6) is 0 Å². The molecule has 0 spiro atoms. The molecule has 0 aromatic heterocycles. The summed E-state index contributed by atoms with van der Waals surface area (Å²) in [4.78, 5) is 0. The van der Waals surface area contributed by atoms with Gasteiger partial charge in [-0.1, -0.05) is 0 Å². The van der Waals surface area contributed by atoms with Gasteiger partial charge >= 0.3 is 0 Å². The quantitative estimate of drug-likeness (QED) is 0.632. The topological polar surface area (TPSA) is 33.6 Å². The van der Waals surface area contributed by atoms with E-state index in [1.807, 2.05) is 0 Å². The fraction of sp³-hybridized carbons (Fsp3) is 0.900. The molecule has 1 aliphatic rings. The molecule has 0 aromatic carbocycles. The molecule has 0 bridgehead atoms. The van der Waals surface area contributed by atoms with E-state index in [0.717, 1.165) is 32.5 Å².